The van der Waals surface area contributed by atoms with Crippen molar-refractivity contribution in [2.75, 3.05) is 6.61 Å². The molecule has 0 bridgehead atoms. The summed E-state index contributed by atoms with van der Waals surface area (Å²) in [5.41, 5.74) is 8.69. The molecule has 19 heavy (non-hydrogen) atoms. The number of rotatable bonds is 5. The van der Waals surface area contributed by atoms with Gasteiger partial charge in [0, 0.05) is 31.5 Å². The van der Waals surface area contributed by atoms with Gasteiger partial charge >= 0.3 is 0 Å². The average molecular weight is 330 g/mol. The maximum Gasteiger partial charge on any atom is 0.0738 e. The molecule has 1 fully saturated rings. The first-order valence-electron chi connectivity index (χ1n) is 7.17. The van der Waals surface area contributed by atoms with Gasteiger partial charge in [-0.25, -0.2) is 0 Å². The Hall–Kier alpha value is -0.390. The van der Waals surface area contributed by atoms with Gasteiger partial charge in [0.15, 0.2) is 0 Å². The van der Waals surface area contributed by atoms with Gasteiger partial charge in [0.2, 0.25) is 0 Å². The standard InChI is InChI=1S/C14H24BrN3O/c1-4-13-10(6-7-19-13)11(16)8-12-14(15)9(3)17-18(12)5-2/h10-11,13H,4-8,16H2,1-3H3. The van der Waals surface area contributed by atoms with E-state index in [9.17, 15) is 0 Å². The van der Waals surface area contributed by atoms with Gasteiger partial charge in [-0.3, -0.25) is 4.68 Å². The third kappa shape index (κ3) is 3.03. The third-order valence-electron chi connectivity index (χ3n) is 4.09. The zero-order valence-corrected chi connectivity index (χ0v) is 13.6. The summed E-state index contributed by atoms with van der Waals surface area (Å²) >= 11 is 3.64. The fourth-order valence-electron chi connectivity index (χ4n) is 3.01. The lowest BCUT2D eigenvalue weighted by Gasteiger charge is -2.24. The van der Waals surface area contributed by atoms with Crippen molar-refractivity contribution >= 4 is 15.9 Å². The second-order valence-corrected chi connectivity index (χ2v) is 6.09. The molecule has 0 amide bonds. The first-order chi connectivity index (χ1) is 9.08. The summed E-state index contributed by atoms with van der Waals surface area (Å²) in [4.78, 5) is 0. The Morgan fingerprint density at radius 1 is 1.53 bits per heavy atom. The van der Waals surface area contributed by atoms with Crippen molar-refractivity contribution < 1.29 is 4.74 Å². The van der Waals surface area contributed by atoms with E-state index in [4.69, 9.17) is 10.5 Å². The maximum absolute atomic E-state index is 6.44. The van der Waals surface area contributed by atoms with Crippen LogP contribution in [0.2, 0.25) is 0 Å². The van der Waals surface area contributed by atoms with E-state index in [1.807, 2.05) is 6.92 Å². The average Bonchev–Trinajstić information content (AvgIpc) is 2.98. The summed E-state index contributed by atoms with van der Waals surface area (Å²) in [5.74, 6) is 0.470. The Labute approximate surface area is 123 Å². The van der Waals surface area contributed by atoms with Crippen LogP contribution in [0.1, 0.15) is 38.1 Å². The van der Waals surface area contributed by atoms with E-state index in [1.54, 1.807) is 0 Å². The van der Waals surface area contributed by atoms with Crippen molar-refractivity contribution in [1.82, 2.24) is 9.78 Å². The molecule has 0 spiro atoms. The number of halogens is 1. The van der Waals surface area contributed by atoms with Gasteiger partial charge in [-0.1, -0.05) is 6.92 Å². The molecule has 1 aliphatic heterocycles. The highest BCUT2D eigenvalue weighted by atomic mass is 79.9. The summed E-state index contributed by atoms with van der Waals surface area (Å²) in [6.07, 6.45) is 3.31. The number of aromatic nitrogens is 2. The van der Waals surface area contributed by atoms with Crippen molar-refractivity contribution in [3.8, 4) is 0 Å². The number of ether oxygens (including phenoxy) is 1. The third-order valence-corrected chi connectivity index (χ3v) is 5.13. The van der Waals surface area contributed by atoms with Gasteiger partial charge < -0.3 is 10.5 Å². The molecule has 4 nitrogen and oxygen atoms in total. The van der Waals surface area contributed by atoms with Gasteiger partial charge in [0.1, 0.15) is 0 Å². The SMILES string of the molecule is CCC1OCCC1C(N)Cc1c(Br)c(C)nn1CC. The lowest BCUT2D eigenvalue weighted by Crippen LogP contribution is -2.37. The second-order valence-electron chi connectivity index (χ2n) is 5.30. The van der Waals surface area contributed by atoms with Crippen molar-refractivity contribution in [1.29, 1.82) is 0 Å². The van der Waals surface area contributed by atoms with Crippen LogP contribution in [-0.2, 0) is 17.7 Å². The Morgan fingerprint density at radius 3 is 2.89 bits per heavy atom. The molecule has 5 heteroatoms. The van der Waals surface area contributed by atoms with Crippen molar-refractivity contribution in [2.45, 2.75) is 58.7 Å². The maximum atomic E-state index is 6.44. The van der Waals surface area contributed by atoms with E-state index >= 15 is 0 Å². The van der Waals surface area contributed by atoms with E-state index < -0.39 is 0 Å². The fourth-order valence-corrected chi connectivity index (χ4v) is 3.46. The molecular weight excluding hydrogens is 306 g/mol. The monoisotopic (exact) mass is 329 g/mol. The van der Waals surface area contributed by atoms with Gasteiger partial charge in [-0.05, 0) is 42.6 Å². The first-order valence-corrected chi connectivity index (χ1v) is 7.96. The summed E-state index contributed by atoms with van der Waals surface area (Å²) in [7, 11) is 0. The topological polar surface area (TPSA) is 53.1 Å². The minimum Gasteiger partial charge on any atom is -0.378 e. The molecule has 0 radical (unpaired) electrons. The van der Waals surface area contributed by atoms with Crippen LogP contribution in [0, 0.1) is 12.8 Å². The smallest absolute Gasteiger partial charge is 0.0738 e. The molecule has 1 aromatic heterocycles. The van der Waals surface area contributed by atoms with E-state index in [0.29, 0.717) is 12.0 Å². The molecule has 0 saturated carbocycles. The van der Waals surface area contributed by atoms with E-state index in [1.165, 1.54) is 5.69 Å². The zero-order chi connectivity index (χ0) is 14.0. The van der Waals surface area contributed by atoms with Crippen LogP contribution >= 0.6 is 15.9 Å². The molecule has 2 rings (SSSR count). The van der Waals surface area contributed by atoms with E-state index in [0.717, 1.165) is 42.6 Å². The van der Waals surface area contributed by atoms with Crippen molar-refractivity contribution in [3.63, 3.8) is 0 Å². The van der Waals surface area contributed by atoms with Crippen LogP contribution in [0.4, 0.5) is 0 Å². The van der Waals surface area contributed by atoms with Crippen LogP contribution in [0.25, 0.3) is 0 Å². The first kappa shape index (κ1) is 15.0. The van der Waals surface area contributed by atoms with Gasteiger partial charge in [-0.2, -0.15) is 5.10 Å². The van der Waals surface area contributed by atoms with Crippen LogP contribution in [0.15, 0.2) is 4.47 Å². The molecule has 2 N–H and O–H groups in total. The van der Waals surface area contributed by atoms with E-state index in [2.05, 4.69) is 39.6 Å². The quantitative estimate of drug-likeness (QED) is 0.903. The number of aryl methyl sites for hydroxylation is 2. The minimum absolute atomic E-state index is 0.144. The molecule has 108 valence electrons. The number of nitrogens with zero attached hydrogens (tertiary/aromatic N) is 2. The molecule has 0 aromatic carbocycles. The van der Waals surface area contributed by atoms with Crippen molar-refractivity contribution in [2.24, 2.45) is 11.7 Å². The van der Waals surface area contributed by atoms with Crippen LogP contribution in [-0.4, -0.2) is 28.5 Å². The largest absolute Gasteiger partial charge is 0.378 e. The Kier molecular flexibility index (Phi) is 5.03. The van der Waals surface area contributed by atoms with E-state index in [-0.39, 0.29) is 6.04 Å². The summed E-state index contributed by atoms with van der Waals surface area (Å²) in [6.45, 7) is 8.04. The fraction of sp³-hybridized carbons (Fsp3) is 0.786. The molecule has 2 heterocycles. The molecule has 3 atom stereocenters. The van der Waals surface area contributed by atoms with Crippen LogP contribution in [0.5, 0.6) is 0 Å². The molecule has 1 saturated heterocycles. The lowest BCUT2D eigenvalue weighted by atomic mass is 9.89. The summed E-state index contributed by atoms with van der Waals surface area (Å²) in [6, 6.07) is 0.144. The number of hydrogen-bond donors (Lipinski definition) is 1. The Bertz CT molecular complexity index is 433. The van der Waals surface area contributed by atoms with Gasteiger partial charge in [0.05, 0.1) is 22.0 Å². The summed E-state index contributed by atoms with van der Waals surface area (Å²) < 4.78 is 8.91. The highest BCUT2D eigenvalue weighted by molar-refractivity contribution is 9.10. The molecule has 1 aliphatic rings. The van der Waals surface area contributed by atoms with Crippen LogP contribution in [0.3, 0.4) is 0 Å². The van der Waals surface area contributed by atoms with Gasteiger partial charge in [-0.15, -0.1) is 0 Å². The number of hydrogen-bond acceptors (Lipinski definition) is 3. The van der Waals surface area contributed by atoms with Crippen molar-refractivity contribution in [3.05, 3.63) is 15.9 Å². The Morgan fingerprint density at radius 2 is 2.26 bits per heavy atom. The lowest BCUT2D eigenvalue weighted by molar-refractivity contribution is 0.0812. The van der Waals surface area contributed by atoms with Gasteiger partial charge in [0.25, 0.3) is 0 Å². The number of nitrogens with two attached hydrogens (primary N) is 1. The zero-order valence-electron chi connectivity index (χ0n) is 12.0. The normalized spacial score (nSPS) is 24.9. The summed E-state index contributed by atoms with van der Waals surface area (Å²) in [5, 5.41) is 4.53. The molecule has 1 aromatic rings. The molecule has 0 aliphatic carbocycles. The second kappa shape index (κ2) is 6.37. The highest BCUT2D eigenvalue weighted by Crippen LogP contribution is 2.29. The predicted molar refractivity (Wildman–Crippen MR) is 80.2 cm³/mol. The molecule has 3 unspecified atom stereocenters. The molecular formula is C14H24BrN3O. The predicted octanol–water partition coefficient (Wildman–Crippen LogP) is 2.66. The highest BCUT2D eigenvalue weighted by Gasteiger charge is 2.32. The Balaban J connectivity index is 2.12. The minimum atomic E-state index is 0.144. The van der Waals surface area contributed by atoms with Crippen LogP contribution < -0.4 is 5.73 Å².